The summed E-state index contributed by atoms with van der Waals surface area (Å²) >= 11 is 0. The summed E-state index contributed by atoms with van der Waals surface area (Å²) in [7, 11) is 0. The number of nitrogens with zero attached hydrogens (tertiary/aromatic N) is 1. The van der Waals surface area contributed by atoms with Crippen molar-refractivity contribution in [1.29, 1.82) is 0 Å². The van der Waals surface area contributed by atoms with E-state index >= 15 is 0 Å². The van der Waals surface area contributed by atoms with Crippen LogP contribution >= 0.6 is 0 Å². The lowest BCUT2D eigenvalue weighted by Gasteiger charge is -2.48. The number of nitrogens with one attached hydrogen (secondary N) is 2. The first-order valence-electron chi connectivity index (χ1n) is 12.2. The normalized spacial score (nSPS) is 19.4. The number of hydrogen-bond acceptors (Lipinski definition) is 4. The second-order valence-electron chi connectivity index (χ2n) is 9.17. The van der Waals surface area contributed by atoms with Gasteiger partial charge >= 0.3 is 0 Å². The summed E-state index contributed by atoms with van der Waals surface area (Å²) in [4.78, 5) is 28.4. The van der Waals surface area contributed by atoms with Crippen molar-refractivity contribution in [2.24, 2.45) is 0 Å². The molecule has 0 spiro atoms. The highest BCUT2D eigenvalue weighted by Gasteiger charge is 2.39. The van der Waals surface area contributed by atoms with Gasteiger partial charge in [0.15, 0.2) is 0 Å². The second kappa shape index (κ2) is 11.4. The molecule has 1 saturated carbocycles. The molecule has 6 nitrogen and oxygen atoms in total. The third-order valence-electron chi connectivity index (χ3n) is 7.01. The fraction of sp³-hybridized carbons (Fsp3) is 0.481. The highest BCUT2D eigenvalue weighted by Crippen LogP contribution is 2.34. The summed E-state index contributed by atoms with van der Waals surface area (Å²) in [6.07, 6.45) is 6.10. The van der Waals surface area contributed by atoms with Crippen LogP contribution < -0.4 is 10.6 Å². The van der Waals surface area contributed by atoms with Gasteiger partial charge in [-0.25, -0.2) is 0 Å². The van der Waals surface area contributed by atoms with Gasteiger partial charge in [0.25, 0.3) is 5.91 Å². The molecule has 1 heterocycles. The second-order valence-corrected chi connectivity index (χ2v) is 9.17. The van der Waals surface area contributed by atoms with Gasteiger partial charge in [0.2, 0.25) is 5.91 Å². The van der Waals surface area contributed by atoms with Gasteiger partial charge in [0, 0.05) is 30.7 Å². The molecular formula is C27H35N3O3. The number of amides is 2. The first-order valence-corrected chi connectivity index (χ1v) is 12.2. The Hall–Kier alpha value is -2.70. The summed E-state index contributed by atoms with van der Waals surface area (Å²) in [6.45, 7) is 4.03. The number of morpholine rings is 1. The van der Waals surface area contributed by atoms with Crippen LogP contribution in [0.5, 0.6) is 0 Å². The quantitative estimate of drug-likeness (QED) is 0.645. The van der Waals surface area contributed by atoms with Crippen molar-refractivity contribution >= 4 is 11.8 Å². The monoisotopic (exact) mass is 449 g/mol. The van der Waals surface area contributed by atoms with E-state index in [9.17, 15) is 9.59 Å². The van der Waals surface area contributed by atoms with E-state index in [0.717, 1.165) is 44.7 Å². The first kappa shape index (κ1) is 23.5. The van der Waals surface area contributed by atoms with E-state index < -0.39 is 0 Å². The van der Waals surface area contributed by atoms with Crippen molar-refractivity contribution in [3.8, 4) is 0 Å². The Kier molecular flexibility index (Phi) is 8.13. The van der Waals surface area contributed by atoms with Crippen LogP contribution in [0, 0.1) is 0 Å². The molecule has 2 aromatic carbocycles. The lowest BCUT2D eigenvalue weighted by atomic mass is 9.79. The van der Waals surface area contributed by atoms with Crippen LogP contribution in [0.15, 0.2) is 60.7 Å². The highest BCUT2D eigenvalue weighted by atomic mass is 16.5. The fourth-order valence-corrected chi connectivity index (χ4v) is 5.14. The minimum absolute atomic E-state index is 0.0211. The molecule has 1 atom stereocenters. The van der Waals surface area contributed by atoms with E-state index in [1.54, 1.807) is 12.1 Å². The lowest BCUT2D eigenvalue weighted by molar-refractivity contribution is -0.122. The Morgan fingerprint density at radius 2 is 1.55 bits per heavy atom. The Labute approximate surface area is 196 Å². The van der Waals surface area contributed by atoms with E-state index in [0.29, 0.717) is 12.1 Å². The molecule has 2 N–H and O–H groups in total. The zero-order chi connectivity index (χ0) is 22.9. The van der Waals surface area contributed by atoms with Crippen LogP contribution in [-0.2, 0) is 9.53 Å². The summed E-state index contributed by atoms with van der Waals surface area (Å²) < 4.78 is 5.57. The summed E-state index contributed by atoms with van der Waals surface area (Å²) in [5.41, 5.74) is 1.54. The minimum Gasteiger partial charge on any atom is -0.379 e. The third kappa shape index (κ3) is 6.21. The van der Waals surface area contributed by atoms with Crippen LogP contribution in [0.2, 0.25) is 0 Å². The molecule has 2 aromatic rings. The Morgan fingerprint density at radius 1 is 0.909 bits per heavy atom. The number of carbonyl (C=O) groups is 2. The number of ether oxygens (including phenoxy) is 1. The molecule has 176 valence electrons. The summed E-state index contributed by atoms with van der Waals surface area (Å²) in [5.74, 6) is -0.204. The predicted octanol–water partition coefficient (Wildman–Crippen LogP) is 3.70. The molecule has 2 fully saturated rings. The van der Waals surface area contributed by atoms with Crippen molar-refractivity contribution in [1.82, 2.24) is 15.5 Å². The molecule has 4 rings (SSSR count). The van der Waals surface area contributed by atoms with E-state index in [4.69, 9.17) is 4.74 Å². The van der Waals surface area contributed by atoms with Crippen molar-refractivity contribution in [2.75, 3.05) is 32.8 Å². The standard InChI is InChI=1S/C27H35N3O3/c31-25(28-21-27(14-8-3-9-15-27)30-16-18-33-19-17-30)20-24(22-10-4-1-5-11-22)29-26(32)23-12-6-2-7-13-23/h1-2,4-7,10-13,24H,3,8-9,14-21H2,(H,28,31)(H,29,32)/t24-/m0/s1. The van der Waals surface area contributed by atoms with Crippen LogP contribution in [-0.4, -0.2) is 55.1 Å². The first-order chi connectivity index (χ1) is 16.2. The molecule has 0 bridgehead atoms. The number of hydrogen-bond donors (Lipinski definition) is 2. The molecule has 0 aromatic heterocycles. The van der Waals surface area contributed by atoms with Gasteiger partial charge in [-0.05, 0) is 30.5 Å². The Balaban J connectivity index is 1.42. The average molecular weight is 450 g/mol. The average Bonchev–Trinajstić information content (AvgIpc) is 2.89. The third-order valence-corrected chi connectivity index (χ3v) is 7.01. The minimum atomic E-state index is -0.385. The van der Waals surface area contributed by atoms with E-state index in [-0.39, 0.29) is 29.8 Å². The maximum atomic E-state index is 13.1. The van der Waals surface area contributed by atoms with E-state index in [2.05, 4.69) is 15.5 Å². The van der Waals surface area contributed by atoms with Gasteiger partial charge in [-0.15, -0.1) is 0 Å². The topological polar surface area (TPSA) is 70.7 Å². The van der Waals surface area contributed by atoms with Crippen LogP contribution in [0.25, 0.3) is 0 Å². The van der Waals surface area contributed by atoms with Crippen molar-refractivity contribution in [3.63, 3.8) is 0 Å². The Morgan fingerprint density at radius 3 is 2.21 bits per heavy atom. The molecule has 0 unspecified atom stereocenters. The molecule has 2 amide bonds. The highest BCUT2D eigenvalue weighted by molar-refractivity contribution is 5.94. The van der Waals surface area contributed by atoms with Gasteiger partial charge in [0.1, 0.15) is 0 Å². The fourth-order valence-electron chi connectivity index (χ4n) is 5.14. The maximum absolute atomic E-state index is 13.1. The largest absolute Gasteiger partial charge is 0.379 e. The Bertz CT molecular complexity index is 891. The molecule has 2 aliphatic rings. The zero-order valence-corrected chi connectivity index (χ0v) is 19.3. The maximum Gasteiger partial charge on any atom is 0.251 e. The molecular weight excluding hydrogens is 414 g/mol. The van der Waals surface area contributed by atoms with Gasteiger partial charge in [-0.2, -0.15) is 0 Å². The van der Waals surface area contributed by atoms with E-state index in [1.807, 2.05) is 48.5 Å². The lowest BCUT2D eigenvalue weighted by Crippen LogP contribution is -2.59. The van der Waals surface area contributed by atoms with Gasteiger partial charge in [0.05, 0.1) is 25.7 Å². The van der Waals surface area contributed by atoms with Gasteiger partial charge < -0.3 is 15.4 Å². The van der Waals surface area contributed by atoms with Crippen LogP contribution in [0.3, 0.4) is 0 Å². The molecule has 1 aliphatic carbocycles. The molecule has 1 saturated heterocycles. The molecule has 6 heteroatoms. The molecule has 1 aliphatic heterocycles. The predicted molar refractivity (Wildman–Crippen MR) is 129 cm³/mol. The number of rotatable bonds is 8. The van der Waals surface area contributed by atoms with Gasteiger partial charge in [-0.3, -0.25) is 14.5 Å². The number of benzene rings is 2. The zero-order valence-electron chi connectivity index (χ0n) is 19.3. The van der Waals surface area contributed by atoms with Crippen LogP contribution in [0.4, 0.5) is 0 Å². The summed E-state index contributed by atoms with van der Waals surface area (Å²) in [6, 6.07) is 18.5. The van der Waals surface area contributed by atoms with Crippen molar-refractivity contribution in [3.05, 3.63) is 71.8 Å². The molecule has 0 radical (unpaired) electrons. The SMILES string of the molecule is O=C(C[C@H](NC(=O)c1ccccc1)c1ccccc1)NCC1(N2CCOCC2)CCCCC1. The smallest absolute Gasteiger partial charge is 0.251 e. The summed E-state index contributed by atoms with van der Waals surface area (Å²) in [5, 5.41) is 6.30. The number of carbonyl (C=O) groups excluding carboxylic acids is 2. The van der Waals surface area contributed by atoms with Crippen LogP contribution in [0.1, 0.15) is 60.5 Å². The van der Waals surface area contributed by atoms with Crippen molar-refractivity contribution < 1.29 is 14.3 Å². The van der Waals surface area contributed by atoms with Crippen molar-refractivity contribution in [2.45, 2.75) is 50.1 Å². The van der Waals surface area contributed by atoms with E-state index in [1.165, 1.54) is 19.3 Å². The molecule has 33 heavy (non-hydrogen) atoms. The van der Waals surface area contributed by atoms with Gasteiger partial charge in [-0.1, -0.05) is 67.8 Å².